The summed E-state index contributed by atoms with van der Waals surface area (Å²) in [5, 5.41) is 11.1. The van der Waals surface area contributed by atoms with Gasteiger partial charge in [-0.05, 0) is 12.1 Å². The third-order valence-electron chi connectivity index (χ3n) is 2.40. The summed E-state index contributed by atoms with van der Waals surface area (Å²) in [7, 11) is 1.52. The number of benzene rings is 1. The summed E-state index contributed by atoms with van der Waals surface area (Å²) < 4.78 is 4.99. The third-order valence-corrected chi connectivity index (χ3v) is 2.40. The molecule has 1 rings (SSSR count). The van der Waals surface area contributed by atoms with Gasteiger partial charge in [0.05, 0.1) is 6.54 Å². The molecule has 20 heavy (non-hydrogen) atoms. The summed E-state index contributed by atoms with van der Waals surface area (Å²) in [6.45, 7) is 0.855. The molecule has 0 fully saturated rings. The van der Waals surface area contributed by atoms with Crippen molar-refractivity contribution in [3.05, 3.63) is 24.3 Å². The summed E-state index contributed by atoms with van der Waals surface area (Å²) >= 11 is 0. The predicted molar refractivity (Wildman–Crippen MR) is 71.5 cm³/mol. The molecular formula is C13H16N2O5. The Labute approximate surface area is 116 Å². The Kier molecular flexibility index (Phi) is 5.52. The number of carboxylic acids is 1. The topological polar surface area (TPSA) is 95.9 Å². The summed E-state index contributed by atoms with van der Waals surface area (Å²) in [5.41, 5.74) is 0.467. The fourth-order valence-corrected chi connectivity index (χ4v) is 1.34. The SMILES string of the molecule is CC(=O)N(C)CC(=O)Nc1cccc(OCC(=O)O)c1. The van der Waals surface area contributed by atoms with E-state index in [1.54, 1.807) is 18.2 Å². The molecule has 0 aromatic heterocycles. The quantitative estimate of drug-likeness (QED) is 0.794. The van der Waals surface area contributed by atoms with Crippen molar-refractivity contribution in [2.24, 2.45) is 0 Å². The second kappa shape index (κ2) is 7.13. The van der Waals surface area contributed by atoms with E-state index in [4.69, 9.17) is 9.84 Å². The molecule has 108 valence electrons. The standard InChI is InChI=1S/C13H16N2O5/c1-9(16)15(2)7-12(17)14-10-4-3-5-11(6-10)20-8-13(18)19/h3-6H,7-8H2,1-2H3,(H,14,17)(H,18,19). The first-order valence-corrected chi connectivity index (χ1v) is 5.84. The van der Waals surface area contributed by atoms with Gasteiger partial charge in [0.2, 0.25) is 11.8 Å². The average molecular weight is 280 g/mol. The fraction of sp³-hybridized carbons (Fsp3) is 0.308. The van der Waals surface area contributed by atoms with Gasteiger partial charge in [-0.3, -0.25) is 9.59 Å². The number of likely N-dealkylation sites (N-methyl/N-ethyl adjacent to an activating group) is 1. The zero-order valence-corrected chi connectivity index (χ0v) is 11.3. The number of nitrogens with one attached hydrogen (secondary N) is 1. The number of carbonyl (C=O) groups is 3. The van der Waals surface area contributed by atoms with Crippen LogP contribution in [0.2, 0.25) is 0 Å². The average Bonchev–Trinajstić information content (AvgIpc) is 2.36. The first-order chi connectivity index (χ1) is 9.38. The minimum Gasteiger partial charge on any atom is -0.482 e. The molecule has 0 saturated heterocycles. The highest BCUT2D eigenvalue weighted by molar-refractivity contribution is 5.94. The van der Waals surface area contributed by atoms with E-state index in [0.717, 1.165) is 0 Å². The van der Waals surface area contributed by atoms with Gasteiger partial charge in [0.25, 0.3) is 0 Å². The minimum atomic E-state index is -1.08. The molecule has 0 aliphatic heterocycles. The molecule has 0 spiro atoms. The molecule has 0 heterocycles. The van der Waals surface area contributed by atoms with Crippen LogP contribution < -0.4 is 10.1 Å². The van der Waals surface area contributed by atoms with Gasteiger partial charge >= 0.3 is 5.97 Å². The van der Waals surface area contributed by atoms with Gasteiger partial charge in [0.15, 0.2) is 6.61 Å². The lowest BCUT2D eigenvalue weighted by Crippen LogP contribution is -2.33. The molecule has 7 nitrogen and oxygen atoms in total. The van der Waals surface area contributed by atoms with Crippen molar-refractivity contribution >= 4 is 23.5 Å². The molecule has 0 bridgehead atoms. The van der Waals surface area contributed by atoms with Gasteiger partial charge < -0.3 is 20.1 Å². The van der Waals surface area contributed by atoms with E-state index < -0.39 is 12.6 Å². The fourth-order valence-electron chi connectivity index (χ4n) is 1.34. The number of hydrogen-bond donors (Lipinski definition) is 2. The van der Waals surface area contributed by atoms with Gasteiger partial charge in [-0.25, -0.2) is 4.79 Å². The maximum absolute atomic E-state index is 11.7. The predicted octanol–water partition coefficient (Wildman–Crippen LogP) is 0.567. The van der Waals surface area contributed by atoms with E-state index in [0.29, 0.717) is 11.4 Å². The van der Waals surface area contributed by atoms with Crippen LogP contribution in [0.1, 0.15) is 6.92 Å². The Bertz CT molecular complexity index is 515. The van der Waals surface area contributed by atoms with Crippen molar-refractivity contribution < 1.29 is 24.2 Å². The number of hydrogen-bond acceptors (Lipinski definition) is 4. The number of ether oxygens (including phenoxy) is 1. The van der Waals surface area contributed by atoms with Crippen LogP contribution in [0.3, 0.4) is 0 Å². The van der Waals surface area contributed by atoms with Crippen molar-refractivity contribution in [2.75, 3.05) is 25.5 Å². The van der Waals surface area contributed by atoms with E-state index in [1.165, 1.54) is 24.9 Å². The number of rotatable bonds is 6. The van der Waals surface area contributed by atoms with E-state index in [1.807, 2.05) is 0 Å². The first kappa shape index (κ1) is 15.5. The lowest BCUT2D eigenvalue weighted by Gasteiger charge is -2.14. The third kappa shape index (κ3) is 5.38. The zero-order chi connectivity index (χ0) is 15.1. The Morgan fingerprint density at radius 3 is 2.65 bits per heavy atom. The van der Waals surface area contributed by atoms with Gasteiger partial charge in [-0.2, -0.15) is 0 Å². The summed E-state index contributed by atoms with van der Waals surface area (Å²) in [6.07, 6.45) is 0. The second-order valence-corrected chi connectivity index (χ2v) is 4.13. The van der Waals surface area contributed by atoms with Crippen LogP contribution in [0.5, 0.6) is 5.75 Å². The Morgan fingerprint density at radius 2 is 2.05 bits per heavy atom. The van der Waals surface area contributed by atoms with Gasteiger partial charge in [0, 0.05) is 25.7 Å². The van der Waals surface area contributed by atoms with Gasteiger partial charge in [0.1, 0.15) is 5.75 Å². The molecule has 1 aromatic carbocycles. The highest BCUT2D eigenvalue weighted by Crippen LogP contribution is 2.17. The van der Waals surface area contributed by atoms with Crippen LogP contribution in [0.15, 0.2) is 24.3 Å². The Balaban J connectivity index is 2.59. The minimum absolute atomic E-state index is 0.0600. The van der Waals surface area contributed by atoms with E-state index in [9.17, 15) is 14.4 Å². The highest BCUT2D eigenvalue weighted by Gasteiger charge is 2.09. The largest absolute Gasteiger partial charge is 0.482 e. The lowest BCUT2D eigenvalue weighted by atomic mass is 10.3. The number of nitrogens with zero attached hydrogens (tertiary/aromatic N) is 1. The maximum atomic E-state index is 11.7. The number of carboxylic acid groups (broad SMARTS) is 1. The Hall–Kier alpha value is -2.57. The molecule has 0 unspecified atom stereocenters. The summed E-state index contributed by atoms with van der Waals surface area (Å²) in [6, 6.07) is 6.36. The molecule has 0 saturated carbocycles. The van der Waals surface area contributed by atoms with Gasteiger partial charge in [-0.1, -0.05) is 6.07 Å². The van der Waals surface area contributed by atoms with Crippen molar-refractivity contribution in [3.63, 3.8) is 0 Å². The zero-order valence-electron chi connectivity index (χ0n) is 11.3. The van der Waals surface area contributed by atoms with Crippen LogP contribution in [0.4, 0.5) is 5.69 Å². The van der Waals surface area contributed by atoms with Crippen LogP contribution >= 0.6 is 0 Å². The lowest BCUT2D eigenvalue weighted by molar-refractivity contribution is -0.139. The van der Waals surface area contributed by atoms with Gasteiger partial charge in [-0.15, -0.1) is 0 Å². The van der Waals surface area contributed by atoms with Crippen molar-refractivity contribution in [1.29, 1.82) is 0 Å². The maximum Gasteiger partial charge on any atom is 0.341 e. The summed E-state index contributed by atoms with van der Waals surface area (Å²) in [4.78, 5) is 34.3. The molecule has 2 N–H and O–H groups in total. The molecule has 0 aliphatic rings. The normalized spacial score (nSPS) is 9.70. The smallest absolute Gasteiger partial charge is 0.341 e. The molecule has 0 aliphatic carbocycles. The molecule has 7 heteroatoms. The van der Waals surface area contributed by atoms with E-state index >= 15 is 0 Å². The number of amides is 2. The van der Waals surface area contributed by atoms with Crippen molar-refractivity contribution in [2.45, 2.75) is 6.92 Å². The monoisotopic (exact) mass is 280 g/mol. The van der Waals surface area contributed by atoms with Crippen LogP contribution in [-0.4, -0.2) is 48.0 Å². The number of carbonyl (C=O) groups excluding carboxylic acids is 2. The van der Waals surface area contributed by atoms with Crippen molar-refractivity contribution in [3.8, 4) is 5.75 Å². The van der Waals surface area contributed by atoms with Crippen LogP contribution in [-0.2, 0) is 14.4 Å². The molecule has 2 amide bonds. The first-order valence-electron chi connectivity index (χ1n) is 5.84. The number of aliphatic carboxylic acids is 1. The second-order valence-electron chi connectivity index (χ2n) is 4.13. The molecule has 0 atom stereocenters. The summed E-state index contributed by atoms with van der Waals surface area (Å²) in [5.74, 6) is -1.30. The molecular weight excluding hydrogens is 264 g/mol. The number of anilines is 1. The van der Waals surface area contributed by atoms with Crippen LogP contribution in [0, 0.1) is 0 Å². The van der Waals surface area contributed by atoms with E-state index in [-0.39, 0.29) is 18.4 Å². The van der Waals surface area contributed by atoms with E-state index in [2.05, 4.69) is 5.32 Å². The highest BCUT2D eigenvalue weighted by atomic mass is 16.5. The molecule has 1 aromatic rings. The van der Waals surface area contributed by atoms with Crippen LogP contribution in [0.25, 0.3) is 0 Å². The van der Waals surface area contributed by atoms with Crippen molar-refractivity contribution in [1.82, 2.24) is 4.90 Å². The molecule has 0 radical (unpaired) electrons. The Morgan fingerprint density at radius 1 is 1.35 bits per heavy atom.